The van der Waals surface area contributed by atoms with Gasteiger partial charge in [0.2, 0.25) is 0 Å². The number of piperidine rings is 1. The van der Waals surface area contributed by atoms with Crippen LogP contribution in [-0.4, -0.2) is 31.6 Å². The van der Waals surface area contributed by atoms with Gasteiger partial charge in [-0.15, -0.1) is 0 Å². The Kier molecular flexibility index (Phi) is 5.88. The molecule has 1 atom stereocenters. The minimum absolute atomic E-state index is 0.0141. The lowest BCUT2D eigenvalue weighted by atomic mass is 9.99. The zero-order valence-electron chi connectivity index (χ0n) is 12.6. The molecule has 1 aliphatic heterocycles. The maximum Gasteiger partial charge on any atom is 0.255 e. The van der Waals surface area contributed by atoms with E-state index in [-0.39, 0.29) is 12.0 Å². The summed E-state index contributed by atoms with van der Waals surface area (Å²) in [4.78, 5) is 12.4. The normalized spacial score (nSPS) is 18.6. The van der Waals surface area contributed by atoms with Gasteiger partial charge in [0, 0.05) is 11.6 Å². The van der Waals surface area contributed by atoms with E-state index in [2.05, 4.69) is 10.6 Å². The Balaban J connectivity index is 2.01. The molecule has 0 aromatic heterocycles. The number of rotatable bonds is 5. The molecular formula is C16H23ClN2O2. The van der Waals surface area contributed by atoms with Crippen LogP contribution < -0.4 is 15.4 Å². The summed E-state index contributed by atoms with van der Waals surface area (Å²) in [6, 6.07) is 5.15. The first-order valence-electron chi connectivity index (χ1n) is 7.51. The van der Waals surface area contributed by atoms with Crippen LogP contribution in [0.1, 0.15) is 37.0 Å². The van der Waals surface area contributed by atoms with E-state index in [9.17, 15) is 4.79 Å². The average molecular weight is 311 g/mol. The fraction of sp³-hybridized carbons (Fsp3) is 0.562. The molecule has 2 N–H and O–H groups in total. The third kappa shape index (κ3) is 4.90. The molecule has 21 heavy (non-hydrogen) atoms. The summed E-state index contributed by atoms with van der Waals surface area (Å²) in [5.41, 5.74) is 0.500. The number of carbonyl (C=O) groups is 1. The molecule has 2 rings (SSSR count). The van der Waals surface area contributed by atoms with Crippen molar-refractivity contribution in [3.8, 4) is 5.75 Å². The van der Waals surface area contributed by atoms with E-state index < -0.39 is 0 Å². The van der Waals surface area contributed by atoms with Gasteiger partial charge in [-0.1, -0.05) is 11.6 Å². The van der Waals surface area contributed by atoms with Crippen LogP contribution in [0.2, 0.25) is 5.02 Å². The maximum absolute atomic E-state index is 12.4. The summed E-state index contributed by atoms with van der Waals surface area (Å²) in [6.07, 6.45) is 2.33. The van der Waals surface area contributed by atoms with Gasteiger partial charge in [0.05, 0.1) is 11.7 Å². The van der Waals surface area contributed by atoms with Crippen LogP contribution in [-0.2, 0) is 0 Å². The first-order chi connectivity index (χ1) is 10.1. The largest absolute Gasteiger partial charge is 0.490 e. The second-order valence-electron chi connectivity index (χ2n) is 5.73. The Labute approximate surface area is 131 Å². The number of hydrogen-bond acceptors (Lipinski definition) is 3. The quantitative estimate of drug-likeness (QED) is 0.879. The first-order valence-corrected chi connectivity index (χ1v) is 7.89. The maximum atomic E-state index is 12.4. The average Bonchev–Trinajstić information content (AvgIpc) is 2.47. The first kappa shape index (κ1) is 16.1. The van der Waals surface area contributed by atoms with E-state index in [0.717, 1.165) is 19.5 Å². The highest BCUT2D eigenvalue weighted by molar-refractivity contribution is 6.31. The Morgan fingerprint density at radius 2 is 2.33 bits per heavy atom. The molecule has 4 nitrogen and oxygen atoms in total. The highest BCUT2D eigenvalue weighted by atomic mass is 35.5. The summed E-state index contributed by atoms with van der Waals surface area (Å²) in [7, 11) is 0. The molecule has 116 valence electrons. The van der Waals surface area contributed by atoms with Crippen LogP contribution in [0.4, 0.5) is 0 Å². The van der Waals surface area contributed by atoms with Crippen molar-refractivity contribution in [2.75, 3.05) is 19.6 Å². The Morgan fingerprint density at radius 3 is 3.00 bits per heavy atom. The minimum atomic E-state index is -0.126. The molecule has 5 heteroatoms. The summed E-state index contributed by atoms with van der Waals surface area (Å²) < 4.78 is 5.68. The highest BCUT2D eigenvalue weighted by Crippen LogP contribution is 2.24. The van der Waals surface area contributed by atoms with Gasteiger partial charge >= 0.3 is 0 Å². The number of amides is 1. The van der Waals surface area contributed by atoms with Crippen molar-refractivity contribution in [2.45, 2.75) is 32.8 Å². The van der Waals surface area contributed by atoms with Crippen LogP contribution in [0.25, 0.3) is 0 Å². The molecule has 1 aromatic carbocycles. The van der Waals surface area contributed by atoms with Crippen molar-refractivity contribution in [2.24, 2.45) is 5.92 Å². The van der Waals surface area contributed by atoms with Gasteiger partial charge in [0.1, 0.15) is 5.75 Å². The Bertz CT molecular complexity index is 485. The van der Waals surface area contributed by atoms with Gasteiger partial charge in [-0.2, -0.15) is 0 Å². The van der Waals surface area contributed by atoms with Gasteiger partial charge in [0.25, 0.3) is 5.91 Å². The van der Waals surface area contributed by atoms with E-state index in [1.54, 1.807) is 18.2 Å². The van der Waals surface area contributed by atoms with E-state index in [0.29, 0.717) is 28.8 Å². The molecule has 0 spiro atoms. The summed E-state index contributed by atoms with van der Waals surface area (Å²) in [5, 5.41) is 6.88. The predicted molar refractivity (Wildman–Crippen MR) is 85.1 cm³/mol. The Morgan fingerprint density at radius 1 is 1.52 bits per heavy atom. The van der Waals surface area contributed by atoms with Gasteiger partial charge in [-0.05, 0) is 63.9 Å². The van der Waals surface area contributed by atoms with Gasteiger partial charge in [-0.25, -0.2) is 0 Å². The van der Waals surface area contributed by atoms with Crippen molar-refractivity contribution in [3.63, 3.8) is 0 Å². The predicted octanol–water partition coefficient (Wildman–Crippen LogP) is 2.86. The Hall–Kier alpha value is -1.26. The summed E-state index contributed by atoms with van der Waals surface area (Å²) in [6.45, 7) is 6.59. The van der Waals surface area contributed by atoms with Crippen molar-refractivity contribution >= 4 is 17.5 Å². The zero-order valence-corrected chi connectivity index (χ0v) is 13.4. The van der Waals surface area contributed by atoms with Crippen molar-refractivity contribution in [3.05, 3.63) is 28.8 Å². The van der Waals surface area contributed by atoms with Crippen molar-refractivity contribution in [1.82, 2.24) is 10.6 Å². The second kappa shape index (κ2) is 7.66. The van der Waals surface area contributed by atoms with E-state index in [1.165, 1.54) is 6.42 Å². The number of benzene rings is 1. The minimum Gasteiger partial charge on any atom is -0.490 e. The van der Waals surface area contributed by atoms with Gasteiger partial charge in [-0.3, -0.25) is 4.79 Å². The molecule has 0 radical (unpaired) electrons. The fourth-order valence-corrected chi connectivity index (χ4v) is 2.64. The molecule has 1 saturated heterocycles. The van der Waals surface area contributed by atoms with Crippen LogP contribution in [0.5, 0.6) is 5.75 Å². The second-order valence-corrected chi connectivity index (χ2v) is 6.17. The third-order valence-corrected chi connectivity index (χ3v) is 3.73. The molecule has 1 fully saturated rings. The topological polar surface area (TPSA) is 50.4 Å². The van der Waals surface area contributed by atoms with Crippen molar-refractivity contribution in [1.29, 1.82) is 0 Å². The zero-order chi connectivity index (χ0) is 15.2. The number of hydrogen-bond donors (Lipinski definition) is 2. The lowest BCUT2D eigenvalue weighted by molar-refractivity contribution is 0.0939. The van der Waals surface area contributed by atoms with E-state index >= 15 is 0 Å². The van der Waals surface area contributed by atoms with Crippen LogP contribution in [0.3, 0.4) is 0 Å². The SMILES string of the molecule is CC(C)Oc1ccc(Cl)cc1C(=O)NCC1CCCNC1. The van der Waals surface area contributed by atoms with Crippen molar-refractivity contribution < 1.29 is 9.53 Å². The number of carbonyl (C=O) groups excluding carboxylic acids is 1. The molecule has 1 aromatic rings. The molecule has 1 amide bonds. The lowest BCUT2D eigenvalue weighted by Gasteiger charge is -2.23. The summed E-state index contributed by atoms with van der Waals surface area (Å²) >= 11 is 6.00. The van der Waals surface area contributed by atoms with Crippen LogP contribution in [0.15, 0.2) is 18.2 Å². The van der Waals surface area contributed by atoms with E-state index in [1.807, 2.05) is 13.8 Å². The van der Waals surface area contributed by atoms with Gasteiger partial charge in [0.15, 0.2) is 0 Å². The number of halogens is 1. The molecule has 1 heterocycles. The lowest BCUT2D eigenvalue weighted by Crippen LogP contribution is -2.38. The number of nitrogens with one attached hydrogen (secondary N) is 2. The van der Waals surface area contributed by atoms with Crippen LogP contribution >= 0.6 is 11.6 Å². The molecular weight excluding hydrogens is 288 g/mol. The number of ether oxygens (including phenoxy) is 1. The smallest absolute Gasteiger partial charge is 0.255 e. The summed E-state index contributed by atoms with van der Waals surface area (Å²) in [5.74, 6) is 0.948. The molecule has 0 bridgehead atoms. The van der Waals surface area contributed by atoms with Gasteiger partial charge < -0.3 is 15.4 Å². The highest BCUT2D eigenvalue weighted by Gasteiger charge is 2.17. The standard InChI is InChI=1S/C16H23ClN2O2/c1-11(2)21-15-6-5-13(17)8-14(15)16(20)19-10-12-4-3-7-18-9-12/h5-6,8,11-12,18H,3-4,7,9-10H2,1-2H3,(H,19,20). The fourth-order valence-electron chi connectivity index (χ4n) is 2.47. The molecule has 0 aliphatic carbocycles. The monoisotopic (exact) mass is 310 g/mol. The van der Waals surface area contributed by atoms with E-state index in [4.69, 9.17) is 16.3 Å². The molecule has 0 saturated carbocycles. The van der Waals surface area contributed by atoms with Crippen LogP contribution in [0, 0.1) is 5.92 Å². The third-order valence-electron chi connectivity index (χ3n) is 3.50. The molecule has 1 aliphatic rings. The molecule has 1 unspecified atom stereocenters.